The van der Waals surface area contributed by atoms with Crippen molar-refractivity contribution in [2.24, 2.45) is 5.92 Å². The molecule has 3 N–H and O–H groups in total. The Morgan fingerprint density at radius 1 is 1.35 bits per heavy atom. The fourth-order valence-electron chi connectivity index (χ4n) is 1.99. The standard InChI is InChI=1S/C13H18N2OS/c14-12-4-2-1-3-11(12)13(16)15-9-10-5-7-17-8-6-10/h1-4,10H,5-9,14H2,(H,15,16). The molecule has 1 fully saturated rings. The van der Waals surface area contributed by atoms with Crippen LogP contribution in [0.25, 0.3) is 0 Å². The molecule has 0 aromatic heterocycles. The summed E-state index contributed by atoms with van der Waals surface area (Å²) in [5.74, 6) is 3.01. The molecular formula is C13H18N2OS. The van der Waals surface area contributed by atoms with Crippen LogP contribution in [0.4, 0.5) is 5.69 Å². The molecule has 1 saturated heterocycles. The molecule has 0 aliphatic carbocycles. The van der Waals surface area contributed by atoms with Gasteiger partial charge in [-0.15, -0.1) is 0 Å². The van der Waals surface area contributed by atoms with Gasteiger partial charge < -0.3 is 11.1 Å². The average molecular weight is 250 g/mol. The van der Waals surface area contributed by atoms with Crippen LogP contribution in [0, 0.1) is 5.92 Å². The van der Waals surface area contributed by atoms with Crippen LogP contribution >= 0.6 is 11.8 Å². The van der Waals surface area contributed by atoms with Crippen molar-refractivity contribution in [2.45, 2.75) is 12.8 Å². The Balaban J connectivity index is 1.87. The highest BCUT2D eigenvalue weighted by Gasteiger charge is 2.15. The third-order valence-electron chi connectivity index (χ3n) is 3.10. The second kappa shape index (κ2) is 5.96. The van der Waals surface area contributed by atoms with E-state index in [1.165, 1.54) is 24.3 Å². The van der Waals surface area contributed by atoms with Crippen LogP contribution in [0.5, 0.6) is 0 Å². The summed E-state index contributed by atoms with van der Waals surface area (Å²) in [4.78, 5) is 11.9. The molecule has 0 atom stereocenters. The Morgan fingerprint density at radius 3 is 2.76 bits per heavy atom. The van der Waals surface area contributed by atoms with Crippen LogP contribution in [0.1, 0.15) is 23.2 Å². The van der Waals surface area contributed by atoms with Crippen LogP contribution in [-0.4, -0.2) is 24.0 Å². The van der Waals surface area contributed by atoms with Crippen LogP contribution in [0.2, 0.25) is 0 Å². The summed E-state index contributed by atoms with van der Waals surface area (Å²) < 4.78 is 0. The number of benzene rings is 1. The molecule has 17 heavy (non-hydrogen) atoms. The van der Waals surface area contributed by atoms with Gasteiger partial charge in [-0.2, -0.15) is 11.8 Å². The normalized spacial score (nSPS) is 16.7. The van der Waals surface area contributed by atoms with Gasteiger partial charge in [0.15, 0.2) is 0 Å². The third kappa shape index (κ3) is 3.40. The van der Waals surface area contributed by atoms with Gasteiger partial charge in [-0.05, 0) is 42.4 Å². The zero-order valence-corrected chi connectivity index (χ0v) is 10.6. The summed E-state index contributed by atoms with van der Waals surface area (Å²) in [5.41, 5.74) is 6.89. The average Bonchev–Trinajstić information content (AvgIpc) is 2.38. The first-order chi connectivity index (χ1) is 8.27. The van der Waals surface area contributed by atoms with Crippen LogP contribution in [-0.2, 0) is 0 Å². The number of anilines is 1. The van der Waals surface area contributed by atoms with Gasteiger partial charge in [-0.3, -0.25) is 4.79 Å². The first-order valence-electron chi connectivity index (χ1n) is 5.98. The van der Waals surface area contributed by atoms with E-state index in [2.05, 4.69) is 5.32 Å². The summed E-state index contributed by atoms with van der Waals surface area (Å²) in [6.07, 6.45) is 2.41. The lowest BCUT2D eigenvalue weighted by Gasteiger charge is -2.21. The van der Waals surface area contributed by atoms with E-state index in [1.54, 1.807) is 12.1 Å². The van der Waals surface area contributed by atoms with Crippen molar-refractivity contribution in [3.8, 4) is 0 Å². The van der Waals surface area contributed by atoms with Gasteiger partial charge in [0.25, 0.3) is 5.91 Å². The van der Waals surface area contributed by atoms with Gasteiger partial charge in [0.2, 0.25) is 0 Å². The highest BCUT2D eigenvalue weighted by atomic mass is 32.2. The smallest absolute Gasteiger partial charge is 0.253 e. The lowest BCUT2D eigenvalue weighted by molar-refractivity contribution is 0.0947. The van der Waals surface area contributed by atoms with Crippen molar-refractivity contribution in [1.82, 2.24) is 5.32 Å². The predicted molar refractivity (Wildman–Crippen MR) is 73.2 cm³/mol. The number of nitrogens with two attached hydrogens (primary N) is 1. The Bertz CT molecular complexity index is 389. The zero-order valence-electron chi connectivity index (χ0n) is 9.82. The van der Waals surface area contributed by atoms with Crippen molar-refractivity contribution < 1.29 is 4.79 Å². The summed E-state index contributed by atoms with van der Waals surface area (Å²) >= 11 is 2.00. The topological polar surface area (TPSA) is 55.1 Å². The number of para-hydroxylation sites is 1. The number of rotatable bonds is 3. The molecule has 2 rings (SSSR count). The molecule has 92 valence electrons. The molecule has 0 unspecified atom stereocenters. The molecule has 3 nitrogen and oxygen atoms in total. The van der Waals surface area contributed by atoms with E-state index in [-0.39, 0.29) is 5.91 Å². The first-order valence-corrected chi connectivity index (χ1v) is 7.13. The summed E-state index contributed by atoms with van der Waals surface area (Å²) in [7, 11) is 0. The maximum Gasteiger partial charge on any atom is 0.253 e. The molecule has 0 saturated carbocycles. The number of hydrogen-bond donors (Lipinski definition) is 2. The Labute approximate surface area is 106 Å². The highest BCUT2D eigenvalue weighted by molar-refractivity contribution is 7.99. The number of carbonyl (C=O) groups excluding carboxylic acids is 1. The molecule has 1 aliphatic rings. The van der Waals surface area contributed by atoms with E-state index in [4.69, 9.17) is 5.73 Å². The molecule has 0 radical (unpaired) electrons. The largest absolute Gasteiger partial charge is 0.398 e. The van der Waals surface area contributed by atoms with E-state index in [0.717, 1.165) is 6.54 Å². The number of carbonyl (C=O) groups is 1. The SMILES string of the molecule is Nc1ccccc1C(=O)NCC1CCSCC1. The van der Waals surface area contributed by atoms with Crippen LogP contribution in [0.15, 0.2) is 24.3 Å². The number of hydrogen-bond acceptors (Lipinski definition) is 3. The molecule has 1 aromatic carbocycles. The van der Waals surface area contributed by atoms with Crippen LogP contribution in [0.3, 0.4) is 0 Å². The van der Waals surface area contributed by atoms with Gasteiger partial charge in [-0.1, -0.05) is 12.1 Å². The molecule has 1 amide bonds. The number of nitrogens with one attached hydrogen (secondary N) is 1. The van der Waals surface area contributed by atoms with Crippen molar-refractivity contribution in [3.05, 3.63) is 29.8 Å². The number of nitrogen functional groups attached to an aromatic ring is 1. The molecule has 1 aromatic rings. The van der Waals surface area contributed by atoms with Crippen molar-refractivity contribution in [2.75, 3.05) is 23.8 Å². The molecular weight excluding hydrogens is 232 g/mol. The van der Waals surface area contributed by atoms with E-state index in [9.17, 15) is 4.79 Å². The minimum Gasteiger partial charge on any atom is -0.398 e. The summed E-state index contributed by atoms with van der Waals surface area (Å²) in [6, 6.07) is 7.19. The summed E-state index contributed by atoms with van der Waals surface area (Å²) in [6.45, 7) is 0.772. The fraction of sp³-hybridized carbons (Fsp3) is 0.462. The zero-order chi connectivity index (χ0) is 12.1. The van der Waals surface area contributed by atoms with Gasteiger partial charge in [-0.25, -0.2) is 0 Å². The second-order valence-corrected chi connectivity index (χ2v) is 5.58. The minimum absolute atomic E-state index is 0.0543. The molecule has 1 heterocycles. The van der Waals surface area contributed by atoms with E-state index < -0.39 is 0 Å². The first kappa shape index (κ1) is 12.3. The maximum absolute atomic E-state index is 11.9. The monoisotopic (exact) mass is 250 g/mol. The van der Waals surface area contributed by atoms with Gasteiger partial charge in [0.05, 0.1) is 5.56 Å². The fourth-order valence-corrected chi connectivity index (χ4v) is 3.19. The van der Waals surface area contributed by atoms with E-state index >= 15 is 0 Å². The molecule has 0 bridgehead atoms. The molecule has 0 spiro atoms. The summed E-state index contributed by atoms with van der Waals surface area (Å²) in [5, 5.41) is 2.98. The van der Waals surface area contributed by atoms with Crippen molar-refractivity contribution in [3.63, 3.8) is 0 Å². The Kier molecular flexibility index (Phi) is 4.31. The van der Waals surface area contributed by atoms with E-state index in [0.29, 0.717) is 17.2 Å². The predicted octanol–water partition coefficient (Wildman–Crippen LogP) is 2.14. The lowest BCUT2D eigenvalue weighted by atomic mass is 10.0. The van der Waals surface area contributed by atoms with Crippen LogP contribution < -0.4 is 11.1 Å². The Morgan fingerprint density at radius 2 is 2.06 bits per heavy atom. The molecule has 1 aliphatic heterocycles. The van der Waals surface area contributed by atoms with E-state index in [1.807, 2.05) is 23.9 Å². The van der Waals surface area contributed by atoms with Gasteiger partial charge in [0, 0.05) is 12.2 Å². The van der Waals surface area contributed by atoms with Gasteiger partial charge >= 0.3 is 0 Å². The molecule has 4 heteroatoms. The van der Waals surface area contributed by atoms with Crippen molar-refractivity contribution >= 4 is 23.4 Å². The highest BCUT2D eigenvalue weighted by Crippen LogP contribution is 2.22. The quantitative estimate of drug-likeness (QED) is 0.808. The minimum atomic E-state index is -0.0543. The number of thioether (sulfide) groups is 1. The van der Waals surface area contributed by atoms with Crippen molar-refractivity contribution in [1.29, 1.82) is 0 Å². The van der Waals surface area contributed by atoms with Gasteiger partial charge in [0.1, 0.15) is 0 Å². The second-order valence-electron chi connectivity index (χ2n) is 4.35. The number of amides is 1. The maximum atomic E-state index is 11.9. The lowest BCUT2D eigenvalue weighted by Crippen LogP contribution is -2.31. The third-order valence-corrected chi connectivity index (χ3v) is 4.15. The Hall–Kier alpha value is -1.16.